The molecule has 0 radical (unpaired) electrons. The summed E-state index contributed by atoms with van der Waals surface area (Å²) in [6, 6.07) is 12.9. The molecule has 2 N–H and O–H groups in total. The first kappa shape index (κ1) is 25.6. The molecule has 0 saturated carbocycles. The number of ether oxygens (including phenoxy) is 3. The molecule has 170 valence electrons. The fraction of sp³-hybridized carbons (Fsp3) is 0.409. The van der Waals surface area contributed by atoms with Crippen molar-refractivity contribution in [3.63, 3.8) is 0 Å². The van der Waals surface area contributed by atoms with Gasteiger partial charge in [0.2, 0.25) is 5.91 Å². The van der Waals surface area contributed by atoms with E-state index in [1.807, 2.05) is 31.2 Å². The van der Waals surface area contributed by atoms with E-state index in [9.17, 15) is 4.79 Å². The predicted molar refractivity (Wildman–Crippen MR) is 125 cm³/mol. The number of nitrogens with two attached hydrogens (primary N) is 1. The normalized spacial score (nSPS) is 18.3. The fourth-order valence-electron chi connectivity index (χ4n) is 3.30. The van der Waals surface area contributed by atoms with E-state index in [0.29, 0.717) is 55.0 Å². The lowest BCUT2D eigenvalue weighted by atomic mass is 10.0. The summed E-state index contributed by atoms with van der Waals surface area (Å²) < 4.78 is 17.1. The molecule has 3 rings (SSSR count). The van der Waals surface area contributed by atoms with Gasteiger partial charge in [0.05, 0.1) is 22.8 Å². The lowest BCUT2D eigenvalue weighted by molar-refractivity contribution is -0.145. The van der Waals surface area contributed by atoms with Gasteiger partial charge in [-0.2, -0.15) is 0 Å². The standard InChI is InChI=1S/C22H26Cl2N2O4.ClH/c1-2-20(27)26-10-11-29-19(22(26)25)14-15-6-8-16(9-7-15)28-12-13-30-21-17(23)4-3-5-18(21)24;/h3-9,19,22H,2,10-14,25H2,1H3;1H. The van der Waals surface area contributed by atoms with Crippen LogP contribution in [0.2, 0.25) is 10.0 Å². The van der Waals surface area contributed by atoms with Crippen LogP contribution in [0, 0.1) is 0 Å². The van der Waals surface area contributed by atoms with Crippen LogP contribution in [-0.2, 0) is 16.0 Å². The molecule has 9 heteroatoms. The number of rotatable bonds is 8. The van der Waals surface area contributed by atoms with E-state index in [1.54, 1.807) is 23.1 Å². The minimum atomic E-state index is -0.434. The molecule has 1 fully saturated rings. The number of carbonyl (C=O) groups excluding carboxylic acids is 1. The van der Waals surface area contributed by atoms with Crippen molar-refractivity contribution in [3.05, 3.63) is 58.1 Å². The van der Waals surface area contributed by atoms with Crippen LogP contribution < -0.4 is 15.2 Å². The Hall–Kier alpha value is -1.70. The van der Waals surface area contributed by atoms with Crippen LogP contribution >= 0.6 is 35.6 Å². The highest BCUT2D eigenvalue weighted by molar-refractivity contribution is 6.37. The van der Waals surface area contributed by atoms with E-state index in [-0.39, 0.29) is 24.4 Å². The van der Waals surface area contributed by atoms with Crippen molar-refractivity contribution in [3.8, 4) is 11.5 Å². The summed E-state index contributed by atoms with van der Waals surface area (Å²) in [5, 5.41) is 0.934. The van der Waals surface area contributed by atoms with Gasteiger partial charge in [-0.05, 0) is 29.8 Å². The Bertz CT molecular complexity index is 831. The third-order valence-electron chi connectivity index (χ3n) is 4.91. The van der Waals surface area contributed by atoms with Gasteiger partial charge in [-0.15, -0.1) is 12.4 Å². The predicted octanol–water partition coefficient (Wildman–Crippen LogP) is 4.34. The Morgan fingerprint density at radius 3 is 2.42 bits per heavy atom. The largest absolute Gasteiger partial charge is 0.490 e. The molecule has 2 unspecified atom stereocenters. The van der Waals surface area contributed by atoms with Crippen LogP contribution in [0.4, 0.5) is 0 Å². The van der Waals surface area contributed by atoms with Gasteiger partial charge in [-0.25, -0.2) is 0 Å². The smallest absolute Gasteiger partial charge is 0.223 e. The summed E-state index contributed by atoms with van der Waals surface area (Å²) in [6.45, 7) is 3.55. The number of hydrogen-bond donors (Lipinski definition) is 1. The summed E-state index contributed by atoms with van der Waals surface area (Å²) >= 11 is 12.2. The molecule has 0 spiro atoms. The van der Waals surface area contributed by atoms with Crippen molar-refractivity contribution in [2.24, 2.45) is 5.73 Å². The second-order valence-electron chi connectivity index (χ2n) is 6.94. The van der Waals surface area contributed by atoms with Gasteiger partial charge in [0.15, 0.2) is 5.75 Å². The van der Waals surface area contributed by atoms with Gasteiger partial charge >= 0.3 is 0 Å². The van der Waals surface area contributed by atoms with Gasteiger partial charge in [0.1, 0.15) is 25.1 Å². The minimum absolute atomic E-state index is 0. The Morgan fingerprint density at radius 1 is 1.13 bits per heavy atom. The zero-order valence-corrected chi connectivity index (χ0v) is 19.6. The van der Waals surface area contributed by atoms with Gasteiger partial charge in [-0.1, -0.05) is 48.3 Å². The monoisotopic (exact) mass is 488 g/mol. The number of para-hydroxylation sites is 1. The van der Waals surface area contributed by atoms with Crippen LogP contribution in [0.1, 0.15) is 18.9 Å². The third-order valence-corrected chi connectivity index (χ3v) is 5.50. The lowest BCUT2D eigenvalue weighted by Gasteiger charge is -2.39. The summed E-state index contributed by atoms with van der Waals surface area (Å²) in [6.07, 6.45) is 0.410. The maximum absolute atomic E-state index is 12.0. The van der Waals surface area contributed by atoms with E-state index >= 15 is 0 Å². The van der Waals surface area contributed by atoms with Crippen LogP contribution in [0.3, 0.4) is 0 Å². The number of benzene rings is 2. The summed E-state index contributed by atoms with van der Waals surface area (Å²) in [7, 11) is 0. The van der Waals surface area contributed by atoms with Crippen LogP contribution in [0.5, 0.6) is 11.5 Å². The molecular weight excluding hydrogens is 463 g/mol. The van der Waals surface area contributed by atoms with Crippen molar-refractivity contribution in [1.29, 1.82) is 0 Å². The summed E-state index contributed by atoms with van der Waals surface area (Å²) in [5.41, 5.74) is 7.31. The maximum Gasteiger partial charge on any atom is 0.223 e. The second kappa shape index (κ2) is 12.4. The highest BCUT2D eigenvalue weighted by Crippen LogP contribution is 2.32. The van der Waals surface area contributed by atoms with Gasteiger partial charge < -0.3 is 24.8 Å². The zero-order chi connectivity index (χ0) is 21.5. The average molecular weight is 490 g/mol. The molecule has 1 aliphatic heterocycles. The van der Waals surface area contributed by atoms with E-state index in [0.717, 1.165) is 11.3 Å². The molecule has 0 aliphatic carbocycles. The van der Waals surface area contributed by atoms with Crippen molar-refractivity contribution >= 4 is 41.5 Å². The molecule has 0 bridgehead atoms. The molecule has 0 aromatic heterocycles. The molecule has 1 saturated heterocycles. The number of halogens is 3. The molecule has 31 heavy (non-hydrogen) atoms. The van der Waals surface area contributed by atoms with Crippen molar-refractivity contribution in [2.45, 2.75) is 32.0 Å². The number of amides is 1. The van der Waals surface area contributed by atoms with E-state index in [1.165, 1.54) is 0 Å². The summed E-state index contributed by atoms with van der Waals surface area (Å²) in [5.74, 6) is 1.24. The van der Waals surface area contributed by atoms with E-state index in [2.05, 4.69) is 0 Å². The van der Waals surface area contributed by atoms with Gasteiger partial charge in [0.25, 0.3) is 0 Å². The lowest BCUT2D eigenvalue weighted by Crippen LogP contribution is -2.58. The second-order valence-corrected chi connectivity index (χ2v) is 7.75. The Morgan fingerprint density at radius 2 is 1.77 bits per heavy atom. The molecule has 6 nitrogen and oxygen atoms in total. The number of carbonyl (C=O) groups is 1. The Labute approximate surface area is 198 Å². The van der Waals surface area contributed by atoms with Crippen molar-refractivity contribution < 1.29 is 19.0 Å². The topological polar surface area (TPSA) is 74.0 Å². The molecule has 1 amide bonds. The van der Waals surface area contributed by atoms with E-state index in [4.69, 9.17) is 43.1 Å². The van der Waals surface area contributed by atoms with Crippen LogP contribution in [0.25, 0.3) is 0 Å². The number of nitrogens with zero attached hydrogens (tertiary/aromatic N) is 1. The maximum atomic E-state index is 12.0. The fourth-order valence-corrected chi connectivity index (χ4v) is 3.81. The average Bonchev–Trinajstić information content (AvgIpc) is 2.75. The Kier molecular flexibility index (Phi) is 10.2. The number of hydrogen-bond acceptors (Lipinski definition) is 5. The van der Waals surface area contributed by atoms with E-state index < -0.39 is 6.17 Å². The first-order valence-corrected chi connectivity index (χ1v) is 10.7. The molecule has 2 atom stereocenters. The molecule has 2 aromatic carbocycles. The highest BCUT2D eigenvalue weighted by atomic mass is 35.5. The van der Waals surface area contributed by atoms with Crippen molar-refractivity contribution in [2.75, 3.05) is 26.4 Å². The SMILES string of the molecule is CCC(=O)N1CCOC(Cc2ccc(OCCOc3c(Cl)cccc3Cl)cc2)C1N.Cl. The summed E-state index contributed by atoms with van der Waals surface area (Å²) in [4.78, 5) is 13.7. The van der Waals surface area contributed by atoms with Crippen molar-refractivity contribution in [1.82, 2.24) is 4.90 Å². The van der Waals surface area contributed by atoms with Crippen LogP contribution in [0.15, 0.2) is 42.5 Å². The third kappa shape index (κ3) is 6.89. The first-order chi connectivity index (χ1) is 14.5. The number of morpholine rings is 1. The highest BCUT2D eigenvalue weighted by Gasteiger charge is 2.31. The molecule has 2 aromatic rings. The zero-order valence-electron chi connectivity index (χ0n) is 17.3. The van der Waals surface area contributed by atoms with Gasteiger partial charge in [0, 0.05) is 19.4 Å². The Balaban J connectivity index is 0.00000341. The van der Waals surface area contributed by atoms with Crippen LogP contribution in [-0.4, -0.2) is 49.4 Å². The van der Waals surface area contributed by atoms with Gasteiger partial charge in [-0.3, -0.25) is 4.79 Å². The molecule has 1 heterocycles. The minimum Gasteiger partial charge on any atom is -0.490 e. The first-order valence-electron chi connectivity index (χ1n) is 9.94. The molecular formula is C22H27Cl3N2O4. The quantitative estimate of drug-likeness (QED) is 0.559. The molecule has 1 aliphatic rings.